The Morgan fingerprint density at radius 3 is 2.71 bits per heavy atom. The van der Waals surface area contributed by atoms with Crippen molar-refractivity contribution in [3.63, 3.8) is 0 Å². The predicted molar refractivity (Wildman–Crippen MR) is 90.0 cm³/mol. The summed E-state index contributed by atoms with van der Waals surface area (Å²) < 4.78 is 13.2. The summed E-state index contributed by atoms with van der Waals surface area (Å²) in [7, 11) is 0. The second-order valence-corrected chi connectivity index (χ2v) is 6.48. The molecular weight excluding hydrogens is 328 g/mol. The van der Waals surface area contributed by atoms with Crippen molar-refractivity contribution in [3.8, 4) is 0 Å². The minimum absolute atomic E-state index is 0.0643. The topological polar surface area (TPSA) is 12.0 Å². The van der Waals surface area contributed by atoms with Crippen molar-refractivity contribution in [1.82, 2.24) is 5.32 Å². The minimum atomic E-state index is -0.221. The van der Waals surface area contributed by atoms with E-state index in [9.17, 15) is 4.39 Å². The lowest BCUT2D eigenvalue weighted by atomic mass is 10.1. The second-order valence-electron chi connectivity index (χ2n) is 4.54. The van der Waals surface area contributed by atoms with Crippen molar-refractivity contribution in [1.29, 1.82) is 0 Å². The number of hydrogen-bond donors (Lipinski definition) is 1. The highest BCUT2D eigenvalue weighted by atomic mass is 35.5. The van der Waals surface area contributed by atoms with Gasteiger partial charge in [0.05, 0.1) is 0 Å². The normalized spacial score (nSPS) is 12.4. The maximum absolute atomic E-state index is 13.2. The lowest BCUT2D eigenvalue weighted by Crippen LogP contribution is -2.23. The zero-order valence-electron chi connectivity index (χ0n) is 11.6. The molecule has 0 amide bonds. The molecule has 5 heteroatoms. The van der Waals surface area contributed by atoms with E-state index in [1.165, 1.54) is 12.1 Å². The Hall–Kier alpha value is -0.740. The Morgan fingerprint density at radius 2 is 2.00 bits per heavy atom. The Bertz CT molecular complexity index is 607. The molecule has 1 unspecified atom stereocenters. The highest BCUT2D eigenvalue weighted by Crippen LogP contribution is 2.31. The van der Waals surface area contributed by atoms with Crippen molar-refractivity contribution in [2.75, 3.05) is 12.3 Å². The first-order chi connectivity index (χ1) is 10.1. The van der Waals surface area contributed by atoms with Crippen LogP contribution in [0.4, 0.5) is 4.39 Å². The summed E-state index contributed by atoms with van der Waals surface area (Å²) in [6, 6.07) is 12.1. The molecule has 0 heterocycles. The van der Waals surface area contributed by atoms with Crippen LogP contribution in [-0.4, -0.2) is 12.3 Å². The van der Waals surface area contributed by atoms with Crippen molar-refractivity contribution >= 4 is 35.0 Å². The number of halogens is 3. The van der Waals surface area contributed by atoms with Gasteiger partial charge in [0, 0.05) is 26.7 Å². The van der Waals surface area contributed by atoms with Gasteiger partial charge in [0.15, 0.2) is 0 Å². The molecule has 0 aliphatic heterocycles. The van der Waals surface area contributed by atoms with Crippen LogP contribution in [0.25, 0.3) is 0 Å². The van der Waals surface area contributed by atoms with Crippen LogP contribution in [0.1, 0.15) is 18.5 Å². The minimum Gasteiger partial charge on any atom is -0.309 e. The van der Waals surface area contributed by atoms with Gasteiger partial charge in [-0.1, -0.05) is 36.2 Å². The number of hydrogen-bond acceptors (Lipinski definition) is 2. The molecule has 1 N–H and O–H groups in total. The summed E-state index contributed by atoms with van der Waals surface area (Å²) in [5.41, 5.74) is 0.968. The maximum atomic E-state index is 13.2. The standard InChI is InChI=1S/C16H16Cl2FNS/c1-2-20-16(14-8-11(17)6-7-15(14)18)10-21-13-5-3-4-12(19)9-13/h3-9,16,20H,2,10H2,1H3. The van der Waals surface area contributed by atoms with Gasteiger partial charge < -0.3 is 5.32 Å². The largest absolute Gasteiger partial charge is 0.309 e. The van der Waals surface area contributed by atoms with Gasteiger partial charge in [-0.15, -0.1) is 11.8 Å². The first-order valence-electron chi connectivity index (χ1n) is 6.67. The molecular formula is C16H16Cl2FNS. The lowest BCUT2D eigenvalue weighted by Gasteiger charge is -2.19. The molecule has 0 saturated heterocycles. The molecule has 21 heavy (non-hydrogen) atoms. The van der Waals surface area contributed by atoms with E-state index in [0.29, 0.717) is 10.0 Å². The number of rotatable bonds is 6. The first-order valence-corrected chi connectivity index (χ1v) is 8.41. The van der Waals surface area contributed by atoms with Gasteiger partial charge >= 0.3 is 0 Å². The molecule has 112 valence electrons. The Labute approximate surface area is 138 Å². The smallest absolute Gasteiger partial charge is 0.124 e. The van der Waals surface area contributed by atoms with E-state index in [1.807, 2.05) is 19.1 Å². The fraction of sp³-hybridized carbons (Fsp3) is 0.250. The first kappa shape index (κ1) is 16.6. The van der Waals surface area contributed by atoms with Crippen LogP contribution in [-0.2, 0) is 0 Å². The molecule has 2 rings (SSSR count). The van der Waals surface area contributed by atoms with E-state index in [-0.39, 0.29) is 11.9 Å². The van der Waals surface area contributed by atoms with Gasteiger partial charge in [-0.25, -0.2) is 4.39 Å². The SMILES string of the molecule is CCNC(CSc1cccc(F)c1)c1cc(Cl)ccc1Cl. The lowest BCUT2D eigenvalue weighted by molar-refractivity contribution is 0.605. The summed E-state index contributed by atoms with van der Waals surface area (Å²) in [5.74, 6) is 0.526. The third-order valence-corrected chi connectivity index (χ3v) is 4.66. The number of nitrogens with one attached hydrogen (secondary N) is 1. The van der Waals surface area contributed by atoms with Gasteiger partial charge in [0.1, 0.15) is 5.82 Å². The third kappa shape index (κ3) is 4.89. The molecule has 0 spiro atoms. The molecule has 2 aromatic rings. The average Bonchev–Trinajstić information content (AvgIpc) is 2.46. The average molecular weight is 344 g/mol. The van der Waals surface area contributed by atoms with Gasteiger partial charge in [-0.05, 0) is 48.5 Å². The summed E-state index contributed by atoms with van der Waals surface area (Å²) in [6.07, 6.45) is 0. The van der Waals surface area contributed by atoms with Crippen LogP contribution in [0, 0.1) is 5.82 Å². The summed E-state index contributed by atoms with van der Waals surface area (Å²) in [4.78, 5) is 0.899. The zero-order chi connectivity index (χ0) is 15.2. The summed E-state index contributed by atoms with van der Waals surface area (Å²) >= 11 is 13.9. The Balaban J connectivity index is 2.13. The van der Waals surface area contributed by atoms with E-state index >= 15 is 0 Å². The second kappa shape index (κ2) is 8.04. The molecule has 0 aliphatic rings. The fourth-order valence-electron chi connectivity index (χ4n) is 2.02. The number of benzene rings is 2. The van der Waals surface area contributed by atoms with Crippen LogP contribution in [0.5, 0.6) is 0 Å². The van der Waals surface area contributed by atoms with Crippen molar-refractivity contribution in [2.45, 2.75) is 17.9 Å². The monoisotopic (exact) mass is 343 g/mol. The van der Waals surface area contributed by atoms with E-state index in [0.717, 1.165) is 22.8 Å². The Morgan fingerprint density at radius 1 is 1.19 bits per heavy atom. The maximum Gasteiger partial charge on any atom is 0.124 e. The predicted octanol–water partition coefficient (Wildman–Crippen LogP) is 5.58. The van der Waals surface area contributed by atoms with Crippen LogP contribution < -0.4 is 5.32 Å². The molecule has 2 aromatic carbocycles. The molecule has 0 aliphatic carbocycles. The van der Waals surface area contributed by atoms with Crippen LogP contribution in [0.15, 0.2) is 47.4 Å². The third-order valence-electron chi connectivity index (χ3n) is 3.00. The van der Waals surface area contributed by atoms with E-state index in [1.54, 1.807) is 30.0 Å². The van der Waals surface area contributed by atoms with Crippen LogP contribution in [0.3, 0.4) is 0 Å². The van der Waals surface area contributed by atoms with Crippen molar-refractivity contribution in [2.24, 2.45) is 0 Å². The fourth-order valence-corrected chi connectivity index (χ4v) is 3.48. The van der Waals surface area contributed by atoms with E-state index < -0.39 is 0 Å². The molecule has 1 nitrogen and oxygen atoms in total. The van der Waals surface area contributed by atoms with Crippen LogP contribution in [0.2, 0.25) is 10.0 Å². The number of thioether (sulfide) groups is 1. The van der Waals surface area contributed by atoms with E-state index in [2.05, 4.69) is 5.32 Å². The van der Waals surface area contributed by atoms with E-state index in [4.69, 9.17) is 23.2 Å². The quantitative estimate of drug-likeness (QED) is 0.687. The summed E-state index contributed by atoms with van der Waals surface area (Å²) in [6.45, 7) is 2.86. The van der Waals surface area contributed by atoms with Gasteiger partial charge in [0.25, 0.3) is 0 Å². The summed E-state index contributed by atoms with van der Waals surface area (Å²) in [5, 5.41) is 4.74. The molecule has 1 atom stereocenters. The molecule has 0 aromatic heterocycles. The van der Waals surface area contributed by atoms with Gasteiger partial charge in [-0.3, -0.25) is 0 Å². The molecule has 0 radical (unpaired) electrons. The highest BCUT2D eigenvalue weighted by Gasteiger charge is 2.15. The van der Waals surface area contributed by atoms with Gasteiger partial charge in [-0.2, -0.15) is 0 Å². The Kier molecular flexibility index (Phi) is 6.37. The molecule has 0 saturated carbocycles. The zero-order valence-corrected chi connectivity index (χ0v) is 13.9. The molecule has 0 bridgehead atoms. The highest BCUT2D eigenvalue weighted by molar-refractivity contribution is 7.99. The van der Waals surface area contributed by atoms with Crippen molar-refractivity contribution < 1.29 is 4.39 Å². The van der Waals surface area contributed by atoms with Gasteiger partial charge in [0.2, 0.25) is 0 Å². The molecule has 0 fully saturated rings. The van der Waals surface area contributed by atoms with Crippen molar-refractivity contribution in [3.05, 3.63) is 63.9 Å². The van der Waals surface area contributed by atoms with Crippen LogP contribution >= 0.6 is 35.0 Å².